The number of benzene rings is 2. The highest BCUT2D eigenvalue weighted by Gasteiger charge is 2.03. The molecule has 0 saturated carbocycles. The van der Waals surface area contributed by atoms with E-state index in [0.717, 1.165) is 11.1 Å². The van der Waals surface area contributed by atoms with Gasteiger partial charge in [-0.25, -0.2) is 0 Å². The van der Waals surface area contributed by atoms with E-state index in [4.69, 9.17) is 9.47 Å². The lowest BCUT2D eigenvalue weighted by Crippen LogP contribution is -2.03. The Balaban J connectivity index is 1.81. The number of phenolic OH excluding ortho intramolecular Hbond substituents is 1. The van der Waals surface area contributed by atoms with E-state index in [-0.39, 0.29) is 12.5 Å². The Morgan fingerprint density at radius 2 is 1.78 bits per heavy atom. The van der Waals surface area contributed by atoms with Gasteiger partial charge in [0.15, 0.2) is 6.79 Å². The van der Waals surface area contributed by atoms with Crippen LogP contribution in [0.5, 0.6) is 11.5 Å². The van der Waals surface area contributed by atoms with Gasteiger partial charge in [0.25, 0.3) is 0 Å². The van der Waals surface area contributed by atoms with Gasteiger partial charge in [0.1, 0.15) is 11.5 Å². The van der Waals surface area contributed by atoms with Crippen LogP contribution >= 0.6 is 0 Å². The van der Waals surface area contributed by atoms with Crippen LogP contribution in [0.4, 0.5) is 0 Å². The average Bonchev–Trinajstić information content (AvgIpc) is 2.40. The second-order valence-electron chi connectivity index (χ2n) is 4.00. The lowest BCUT2D eigenvalue weighted by molar-refractivity contribution is 0.00458. The van der Waals surface area contributed by atoms with Gasteiger partial charge < -0.3 is 14.6 Å². The van der Waals surface area contributed by atoms with Crippen molar-refractivity contribution in [1.82, 2.24) is 0 Å². The maximum atomic E-state index is 9.51. The SMILES string of the molecule is Cc1c(O)cccc1OCOCc1ccccc1. The van der Waals surface area contributed by atoms with Gasteiger partial charge in [-0.1, -0.05) is 36.4 Å². The molecule has 18 heavy (non-hydrogen) atoms. The first-order chi connectivity index (χ1) is 8.77. The number of ether oxygens (including phenoxy) is 2. The van der Waals surface area contributed by atoms with E-state index in [2.05, 4.69) is 0 Å². The summed E-state index contributed by atoms with van der Waals surface area (Å²) < 4.78 is 10.9. The summed E-state index contributed by atoms with van der Waals surface area (Å²) >= 11 is 0. The van der Waals surface area contributed by atoms with Gasteiger partial charge in [0, 0.05) is 5.56 Å². The van der Waals surface area contributed by atoms with Crippen molar-refractivity contribution in [2.75, 3.05) is 6.79 Å². The maximum absolute atomic E-state index is 9.51. The number of rotatable bonds is 5. The summed E-state index contributed by atoms with van der Waals surface area (Å²) in [6, 6.07) is 15.1. The van der Waals surface area contributed by atoms with Crippen molar-refractivity contribution in [2.45, 2.75) is 13.5 Å². The highest BCUT2D eigenvalue weighted by Crippen LogP contribution is 2.25. The van der Waals surface area contributed by atoms with E-state index < -0.39 is 0 Å². The van der Waals surface area contributed by atoms with Crippen LogP contribution in [0.25, 0.3) is 0 Å². The van der Waals surface area contributed by atoms with Gasteiger partial charge in [0.05, 0.1) is 6.61 Å². The molecule has 94 valence electrons. The molecule has 0 atom stereocenters. The monoisotopic (exact) mass is 244 g/mol. The molecule has 3 nitrogen and oxygen atoms in total. The smallest absolute Gasteiger partial charge is 0.189 e. The van der Waals surface area contributed by atoms with Crippen molar-refractivity contribution >= 4 is 0 Å². The molecular weight excluding hydrogens is 228 g/mol. The largest absolute Gasteiger partial charge is 0.508 e. The Morgan fingerprint density at radius 3 is 2.56 bits per heavy atom. The molecule has 2 rings (SSSR count). The highest BCUT2D eigenvalue weighted by molar-refractivity contribution is 5.42. The lowest BCUT2D eigenvalue weighted by atomic mass is 10.2. The molecule has 2 aromatic carbocycles. The predicted molar refractivity (Wildman–Crippen MR) is 69.6 cm³/mol. The second kappa shape index (κ2) is 6.07. The van der Waals surface area contributed by atoms with E-state index in [1.165, 1.54) is 0 Å². The zero-order valence-electron chi connectivity index (χ0n) is 10.3. The molecule has 0 unspecified atom stereocenters. The van der Waals surface area contributed by atoms with Crippen molar-refractivity contribution in [2.24, 2.45) is 0 Å². The molecule has 0 aromatic heterocycles. The topological polar surface area (TPSA) is 38.7 Å². The van der Waals surface area contributed by atoms with E-state index >= 15 is 0 Å². The lowest BCUT2D eigenvalue weighted by Gasteiger charge is -2.10. The fraction of sp³-hybridized carbons (Fsp3) is 0.200. The van der Waals surface area contributed by atoms with Crippen LogP contribution in [-0.2, 0) is 11.3 Å². The Labute approximate surface area is 107 Å². The first-order valence-corrected chi connectivity index (χ1v) is 5.80. The Bertz CT molecular complexity index is 494. The fourth-order valence-electron chi connectivity index (χ4n) is 1.60. The van der Waals surface area contributed by atoms with Crippen LogP contribution in [-0.4, -0.2) is 11.9 Å². The van der Waals surface area contributed by atoms with E-state index in [1.54, 1.807) is 18.2 Å². The molecule has 0 fully saturated rings. The summed E-state index contributed by atoms with van der Waals surface area (Å²) in [7, 11) is 0. The number of aromatic hydroxyl groups is 1. The molecule has 0 bridgehead atoms. The summed E-state index contributed by atoms with van der Waals surface area (Å²) in [5.41, 5.74) is 1.83. The van der Waals surface area contributed by atoms with Crippen molar-refractivity contribution < 1.29 is 14.6 Å². The molecule has 0 amide bonds. The minimum absolute atomic E-state index is 0.166. The zero-order chi connectivity index (χ0) is 12.8. The first kappa shape index (κ1) is 12.5. The molecule has 3 heteroatoms. The summed E-state index contributed by atoms with van der Waals surface area (Å²) in [6.45, 7) is 2.49. The van der Waals surface area contributed by atoms with Crippen molar-refractivity contribution in [3.05, 3.63) is 59.7 Å². The van der Waals surface area contributed by atoms with E-state index in [0.29, 0.717) is 12.4 Å². The van der Waals surface area contributed by atoms with Crippen molar-refractivity contribution in [3.8, 4) is 11.5 Å². The highest BCUT2D eigenvalue weighted by atomic mass is 16.7. The van der Waals surface area contributed by atoms with Crippen molar-refractivity contribution in [1.29, 1.82) is 0 Å². The first-order valence-electron chi connectivity index (χ1n) is 5.80. The summed E-state index contributed by atoms with van der Waals surface area (Å²) in [5, 5.41) is 9.51. The molecule has 0 aliphatic heterocycles. The van der Waals surface area contributed by atoms with E-state index in [1.807, 2.05) is 37.3 Å². The van der Waals surface area contributed by atoms with Gasteiger partial charge in [-0.05, 0) is 24.6 Å². The fourth-order valence-corrected chi connectivity index (χ4v) is 1.60. The maximum Gasteiger partial charge on any atom is 0.189 e. The Hall–Kier alpha value is -2.00. The zero-order valence-corrected chi connectivity index (χ0v) is 10.3. The van der Waals surface area contributed by atoms with Crippen LogP contribution in [0.2, 0.25) is 0 Å². The standard InChI is InChI=1S/C15H16O3/c1-12-14(16)8-5-9-15(12)18-11-17-10-13-6-3-2-4-7-13/h2-9,16H,10-11H2,1H3. The molecule has 0 spiro atoms. The summed E-state index contributed by atoms with van der Waals surface area (Å²) in [6.07, 6.45) is 0. The molecule has 0 saturated heterocycles. The molecule has 1 N–H and O–H groups in total. The third-order valence-corrected chi connectivity index (χ3v) is 2.66. The van der Waals surface area contributed by atoms with Gasteiger partial charge in [-0.15, -0.1) is 0 Å². The number of phenols is 1. The van der Waals surface area contributed by atoms with Crippen LogP contribution in [0.15, 0.2) is 48.5 Å². The second-order valence-corrected chi connectivity index (χ2v) is 4.00. The Kier molecular flexibility index (Phi) is 4.20. The van der Waals surface area contributed by atoms with Crippen molar-refractivity contribution in [3.63, 3.8) is 0 Å². The molecule has 0 heterocycles. The van der Waals surface area contributed by atoms with Crippen LogP contribution in [0, 0.1) is 6.92 Å². The summed E-state index contributed by atoms with van der Waals surface area (Å²) in [4.78, 5) is 0. The predicted octanol–water partition coefficient (Wildman–Crippen LogP) is 3.25. The third-order valence-electron chi connectivity index (χ3n) is 2.66. The van der Waals surface area contributed by atoms with Gasteiger partial charge in [-0.2, -0.15) is 0 Å². The van der Waals surface area contributed by atoms with Gasteiger partial charge in [0.2, 0.25) is 0 Å². The normalized spacial score (nSPS) is 10.3. The Morgan fingerprint density at radius 1 is 1.00 bits per heavy atom. The molecule has 0 radical (unpaired) electrons. The minimum atomic E-state index is 0.166. The van der Waals surface area contributed by atoms with E-state index in [9.17, 15) is 5.11 Å². The van der Waals surface area contributed by atoms with Gasteiger partial charge >= 0.3 is 0 Å². The molecule has 2 aromatic rings. The quantitative estimate of drug-likeness (QED) is 0.648. The van der Waals surface area contributed by atoms with Crippen LogP contribution < -0.4 is 4.74 Å². The third kappa shape index (κ3) is 3.25. The number of hydrogen-bond acceptors (Lipinski definition) is 3. The van der Waals surface area contributed by atoms with Crippen LogP contribution in [0.3, 0.4) is 0 Å². The average molecular weight is 244 g/mol. The molecule has 0 aliphatic rings. The minimum Gasteiger partial charge on any atom is -0.508 e. The molecular formula is C15H16O3. The summed E-state index contributed by atoms with van der Waals surface area (Å²) in [5.74, 6) is 0.874. The number of hydrogen-bond donors (Lipinski definition) is 1. The van der Waals surface area contributed by atoms with Gasteiger partial charge in [-0.3, -0.25) is 0 Å². The molecule has 0 aliphatic carbocycles. The van der Waals surface area contributed by atoms with Crippen LogP contribution in [0.1, 0.15) is 11.1 Å².